The zero-order valence-corrected chi connectivity index (χ0v) is 15.5. The van der Waals surface area contributed by atoms with Crippen LogP contribution in [-0.4, -0.2) is 45.8 Å². The van der Waals surface area contributed by atoms with Crippen molar-refractivity contribution >= 4 is 10.9 Å². The van der Waals surface area contributed by atoms with Gasteiger partial charge in [-0.3, -0.25) is 9.69 Å². The van der Waals surface area contributed by atoms with Crippen molar-refractivity contribution in [1.29, 1.82) is 0 Å². The van der Waals surface area contributed by atoms with Crippen molar-refractivity contribution < 1.29 is 14.0 Å². The SMILES string of the molecule is CCN(Cc1noc(CN)n1)Cc1nc2cc(OC)c(OC)cc2c(=O)[nH]1. The van der Waals surface area contributed by atoms with Gasteiger partial charge in [0.25, 0.3) is 5.56 Å². The molecule has 0 aliphatic heterocycles. The Hall–Kier alpha value is -2.98. The molecule has 2 heterocycles. The lowest BCUT2D eigenvalue weighted by atomic mass is 10.2. The van der Waals surface area contributed by atoms with Gasteiger partial charge in [-0.25, -0.2) is 4.98 Å². The number of ether oxygens (including phenoxy) is 2. The van der Waals surface area contributed by atoms with Crippen LogP contribution in [0.4, 0.5) is 0 Å². The van der Waals surface area contributed by atoms with Crippen molar-refractivity contribution in [3.8, 4) is 11.5 Å². The minimum Gasteiger partial charge on any atom is -0.493 e. The average Bonchev–Trinajstić information content (AvgIpc) is 3.14. The number of methoxy groups -OCH3 is 2. The molecule has 144 valence electrons. The third-order valence-electron chi connectivity index (χ3n) is 4.13. The maximum atomic E-state index is 12.5. The van der Waals surface area contributed by atoms with Crippen LogP contribution in [-0.2, 0) is 19.6 Å². The van der Waals surface area contributed by atoms with Gasteiger partial charge in [0.2, 0.25) is 5.89 Å². The third-order valence-corrected chi connectivity index (χ3v) is 4.13. The average molecular weight is 374 g/mol. The Bertz CT molecular complexity index is 983. The molecule has 0 bridgehead atoms. The van der Waals surface area contributed by atoms with E-state index in [0.29, 0.717) is 59.6 Å². The Kier molecular flexibility index (Phi) is 5.67. The number of nitrogens with one attached hydrogen (secondary N) is 1. The highest BCUT2D eigenvalue weighted by molar-refractivity contribution is 5.81. The van der Waals surface area contributed by atoms with Crippen molar-refractivity contribution in [2.75, 3.05) is 20.8 Å². The lowest BCUT2D eigenvalue weighted by molar-refractivity contribution is 0.252. The molecular weight excluding hydrogens is 352 g/mol. The summed E-state index contributed by atoms with van der Waals surface area (Å²) >= 11 is 0. The van der Waals surface area contributed by atoms with Crippen LogP contribution in [0.5, 0.6) is 11.5 Å². The Labute approximate surface area is 155 Å². The molecule has 3 aromatic rings. The molecule has 0 fully saturated rings. The van der Waals surface area contributed by atoms with Crippen LogP contribution < -0.4 is 20.8 Å². The van der Waals surface area contributed by atoms with E-state index in [1.807, 2.05) is 11.8 Å². The standard InChI is InChI=1S/C17H22N6O4/c1-4-23(9-15-20-16(7-18)27-22-15)8-14-19-11-6-13(26-3)12(25-2)5-10(11)17(24)21-14/h5-6H,4,7-9,18H2,1-3H3,(H,19,21,24). The number of rotatable bonds is 8. The second kappa shape index (κ2) is 8.14. The van der Waals surface area contributed by atoms with Crippen molar-refractivity contribution in [3.63, 3.8) is 0 Å². The van der Waals surface area contributed by atoms with Crippen LogP contribution in [0.1, 0.15) is 24.5 Å². The summed E-state index contributed by atoms with van der Waals surface area (Å²) < 4.78 is 15.6. The molecule has 3 rings (SSSR count). The van der Waals surface area contributed by atoms with Crippen LogP contribution in [0, 0.1) is 0 Å². The Morgan fingerprint density at radius 1 is 1.19 bits per heavy atom. The van der Waals surface area contributed by atoms with Gasteiger partial charge in [-0.1, -0.05) is 12.1 Å². The second-order valence-corrected chi connectivity index (χ2v) is 5.85. The molecule has 0 amide bonds. The van der Waals surface area contributed by atoms with Crippen molar-refractivity contribution in [3.05, 3.63) is 40.0 Å². The van der Waals surface area contributed by atoms with E-state index in [0.717, 1.165) is 0 Å². The van der Waals surface area contributed by atoms with Crippen LogP contribution >= 0.6 is 0 Å². The number of fused-ring (bicyclic) bond motifs is 1. The number of nitrogens with two attached hydrogens (primary N) is 1. The molecule has 27 heavy (non-hydrogen) atoms. The molecule has 0 unspecified atom stereocenters. The number of benzene rings is 1. The quantitative estimate of drug-likeness (QED) is 0.587. The summed E-state index contributed by atoms with van der Waals surface area (Å²) in [6.07, 6.45) is 0. The zero-order chi connectivity index (χ0) is 19.4. The molecule has 0 aliphatic rings. The third kappa shape index (κ3) is 4.07. The van der Waals surface area contributed by atoms with Crippen molar-refractivity contribution in [1.82, 2.24) is 25.0 Å². The van der Waals surface area contributed by atoms with E-state index in [1.54, 1.807) is 12.1 Å². The maximum Gasteiger partial charge on any atom is 0.258 e. The molecule has 0 spiro atoms. The van der Waals surface area contributed by atoms with Gasteiger partial charge in [-0.15, -0.1) is 0 Å². The number of hydrogen-bond donors (Lipinski definition) is 2. The van der Waals surface area contributed by atoms with Gasteiger partial charge in [-0.05, 0) is 12.6 Å². The molecule has 3 N–H and O–H groups in total. The Balaban J connectivity index is 1.87. The van der Waals surface area contributed by atoms with Gasteiger partial charge < -0.3 is 24.7 Å². The molecule has 0 radical (unpaired) electrons. The summed E-state index contributed by atoms with van der Waals surface area (Å²) in [5.74, 6) is 2.45. The normalized spacial score (nSPS) is 11.3. The molecule has 2 aromatic heterocycles. The summed E-state index contributed by atoms with van der Waals surface area (Å²) in [7, 11) is 3.06. The maximum absolute atomic E-state index is 12.5. The van der Waals surface area contributed by atoms with E-state index in [4.69, 9.17) is 19.7 Å². The van der Waals surface area contributed by atoms with E-state index in [-0.39, 0.29) is 12.1 Å². The molecule has 1 aromatic carbocycles. The van der Waals surface area contributed by atoms with E-state index in [9.17, 15) is 4.79 Å². The molecular formula is C17H22N6O4. The zero-order valence-electron chi connectivity index (χ0n) is 15.5. The van der Waals surface area contributed by atoms with E-state index >= 15 is 0 Å². The van der Waals surface area contributed by atoms with Crippen molar-refractivity contribution in [2.24, 2.45) is 5.73 Å². The number of aromatic amines is 1. The van der Waals surface area contributed by atoms with Gasteiger partial charge in [0.15, 0.2) is 17.3 Å². The van der Waals surface area contributed by atoms with Gasteiger partial charge in [0, 0.05) is 6.07 Å². The van der Waals surface area contributed by atoms with E-state index < -0.39 is 0 Å². The Morgan fingerprint density at radius 2 is 1.93 bits per heavy atom. The molecule has 0 saturated carbocycles. The smallest absolute Gasteiger partial charge is 0.258 e. The minimum absolute atomic E-state index is 0.198. The molecule has 0 aliphatic carbocycles. The summed E-state index contributed by atoms with van der Waals surface area (Å²) in [5, 5.41) is 4.33. The highest BCUT2D eigenvalue weighted by Gasteiger charge is 2.14. The largest absolute Gasteiger partial charge is 0.493 e. The van der Waals surface area contributed by atoms with Crippen LogP contribution in [0.15, 0.2) is 21.5 Å². The number of aromatic nitrogens is 4. The number of nitrogens with zero attached hydrogens (tertiary/aromatic N) is 4. The summed E-state index contributed by atoms with van der Waals surface area (Å²) in [6, 6.07) is 3.31. The lowest BCUT2D eigenvalue weighted by Crippen LogP contribution is -2.26. The fraction of sp³-hybridized carbons (Fsp3) is 0.412. The predicted octanol–water partition coefficient (Wildman–Crippen LogP) is 0.804. The van der Waals surface area contributed by atoms with E-state index in [2.05, 4.69) is 20.1 Å². The van der Waals surface area contributed by atoms with Crippen LogP contribution in [0.3, 0.4) is 0 Å². The molecule has 10 nitrogen and oxygen atoms in total. The highest BCUT2D eigenvalue weighted by Crippen LogP contribution is 2.29. The van der Waals surface area contributed by atoms with Gasteiger partial charge in [0.1, 0.15) is 5.82 Å². The molecule has 0 atom stereocenters. The van der Waals surface area contributed by atoms with Gasteiger partial charge in [-0.2, -0.15) is 4.98 Å². The first kappa shape index (κ1) is 18.8. The Morgan fingerprint density at radius 3 is 2.56 bits per heavy atom. The molecule has 10 heteroatoms. The first-order chi connectivity index (χ1) is 13.1. The monoisotopic (exact) mass is 374 g/mol. The number of hydrogen-bond acceptors (Lipinski definition) is 9. The topological polar surface area (TPSA) is 132 Å². The first-order valence-electron chi connectivity index (χ1n) is 8.46. The van der Waals surface area contributed by atoms with Crippen LogP contribution in [0.25, 0.3) is 10.9 Å². The molecule has 0 saturated heterocycles. The summed E-state index contributed by atoms with van der Waals surface area (Å²) in [4.78, 5) is 26.1. The fourth-order valence-corrected chi connectivity index (χ4v) is 2.72. The van der Waals surface area contributed by atoms with E-state index in [1.165, 1.54) is 14.2 Å². The second-order valence-electron chi connectivity index (χ2n) is 5.85. The predicted molar refractivity (Wildman–Crippen MR) is 97.4 cm³/mol. The lowest BCUT2D eigenvalue weighted by Gasteiger charge is -2.18. The van der Waals surface area contributed by atoms with Crippen LogP contribution in [0.2, 0.25) is 0 Å². The summed E-state index contributed by atoms with van der Waals surface area (Å²) in [6.45, 7) is 3.78. The van der Waals surface area contributed by atoms with Gasteiger partial charge in [0.05, 0.1) is 44.8 Å². The summed E-state index contributed by atoms with van der Waals surface area (Å²) in [5.41, 5.74) is 5.78. The number of H-pyrrole nitrogens is 1. The van der Waals surface area contributed by atoms with Crippen molar-refractivity contribution in [2.45, 2.75) is 26.6 Å². The minimum atomic E-state index is -0.239. The fourth-order valence-electron chi connectivity index (χ4n) is 2.72. The highest BCUT2D eigenvalue weighted by atomic mass is 16.5. The van der Waals surface area contributed by atoms with Gasteiger partial charge >= 0.3 is 0 Å². The first-order valence-corrected chi connectivity index (χ1v) is 8.46.